The van der Waals surface area contributed by atoms with Gasteiger partial charge in [0.15, 0.2) is 5.65 Å². The molecule has 4 N–H and O–H groups in total. The van der Waals surface area contributed by atoms with Crippen LogP contribution in [0, 0.1) is 0 Å². The summed E-state index contributed by atoms with van der Waals surface area (Å²) in [6, 6.07) is 7.67. The molecule has 0 bridgehead atoms. The first-order valence-corrected chi connectivity index (χ1v) is 11.9. The number of hydrogen-bond acceptors (Lipinski definition) is 8. The van der Waals surface area contributed by atoms with Crippen LogP contribution in [0.5, 0.6) is 5.75 Å². The van der Waals surface area contributed by atoms with Gasteiger partial charge in [-0.2, -0.15) is 4.98 Å². The van der Waals surface area contributed by atoms with E-state index in [0.717, 1.165) is 17.1 Å². The fourth-order valence-electron chi connectivity index (χ4n) is 2.66. The number of rotatable bonds is 10. The Kier molecular flexibility index (Phi) is 7.32. The second-order valence-electron chi connectivity index (χ2n) is 6.62. The Bertz CT molecular complexity index is 1060. The Morgan fingerprint density at radius 2 is 2.07 bits per heavy atom. The van der Waals surface area contributed by atoms with Crippen LogP contribution in [0.1, 0.15) is 20.3 Å². The van der Waals surface area contributed by atoms with Crippen LogP contribution in [0.3, 0.4) is 0 Å². The van der Waals surface area contributed by atoms with E-state index in [1.54, 1.807) is 17.8 Å². The number of ether oxygens (including phenoxy) is 2. The Balaban J connectivity index is 1.85. The fourth-order valence-corrected chi connectivity index (χ4v) is 4.07. The third kappa shape index (κ3) is 5.93. The molecule has 0 aliphatic heterocycles. The van der Waals surface area contributed by atoms with Crippen molar-refractivity contribution in [2.75, 3.05) is 18.7 Å². The SMILES string of the molecule is CCCOc1ccccc1Sc1nc(N)nc2c1ncn2CC(C)OCP(=O)(O)O. The monoisotopic (exact) mass is 453 g/mol. The van der Waals surface area contributed by atoms with Gasteiger partial charge in [0.25, 0.3) is 0 Å². The van der Waals surface area contributed by atoms with E-state index in [1.165, 1.54) is 11.8 Å². The number of aromatic nitrogens is 4. The van der Waals surface area contributed by atoms with Gasteiger partial charge in [-0.3, -0.25) is 4.57 Å². The van der Waals surface area contributed by atoms with Gasteiger partial charge in [-0.25, -0.2) is 9.97 Å². The van der Waals surface area contributed by atoms with E-state index in [1.807, 2.05) is 31.2 Å². The number of fused-ring (bicyclic) bond motifs is 1. The normalized spacial score (nSPS) is 12.9. The van der Waals surface area contributed by atoms with Crippen LogP contribution < -0.4 is 10.5 Å². The summed E-state index contributed by atoms with van der Waals surface area (Å²) in [6.07, 6.45) is 1.37. The van der Waals surface area contributed by atoms with Crippen molar-refractivity contribution in [1.29, 1.82) is 0 Å². The Morgan fingerprint density at radius 1 is 1.30 bits per heavy atom. The average molecular weight is 453 g/mol. The predicted molar refractivity (Wildman–Crippen MR) is 114 cm³/mol. The van der Waals surface area contributed by atoms with Crippen LogP contribution in [-0.4, -0.2) is 48.4 Å². The highest BCUT2D eigenvalue weighted by atomic mass is 32.2. The van der Waals surface area contributed by atoms with E-state index in [0.29, 0.717) is 29.3 Å². The number of hydrogen-bond donors (Lipinski definition) is 3. The summed E-state index contributed by atoms with van der Waals surface area (Å²) in [5.41, 5.74) is 7.02. The summed E-state index contributed by atoms with van der Waals surface area (Å²) in [7, 11) is -4.23. The zero-order valence-electron chi connectivity index (χ0n) is 16.6. The average Bonchev–Trinajstić information content (AvgIpc) is 3.08. The smallest absolute Gasteiger partial charge is 0.350 e. The van der Waals surface area contributed by atoms with Gasteiger partial charge in [0.1, 0.15) is 22.6 Å². The summed E-state index contributed by atoms with van der Waals surface area (Å²) in [6.45, 7) is 4.66. The highest BCUT2D eigenvalue weighted by Crippen LogP contribution is 2.37. The summed E-state index contributed by atoms with van der Waals surface area (Å²) in [5, 5.41) is 0.590. The number of imidazole rings is 1. The molecule has 162 valence electrons. The molecule has 0 amide bonds. The van der Waals surface area contributed by atoms with Crippen molar-refractivity contribution in [3.63, 3.8) is 0 Å². The lowest BCUT2D eigenvalue weighted by Crippen LogP contribution is -2.17. The van der Waals surface area contributed by atoms with Gasteiger partial charge >= 0.3 is 7.60 Å². The van der Waals surface area contributed by atoms with E-state index in [2.05, 4.69) is 15.0 Å². The molecule has 1 aromatic carbocycles. The van der Waals surface area contributed by atoms with E-state index < -0.39 is 20.0 Å². The lowest BCUT2D eigenvalue weighted by molar-refractivity contribution is 0.0764. The molecule has 2 aromatic heterocycles. The zero-order chi connectivity index (χ0) is 21.7. The van der Waals surface area contributed by atoms with Crippen molar-refractivity contribution >= 4 is 36.5 Å². The topological polar surface area (TPSA) is 146 Å². The summed E-state index contributed by atoms with van der Waals surface area (Å²) < 4.78 is 23.8. The lowest BCUT2D eigenvalue weighted by atomic mass is 10.3. The third-order valence-electron chi connectivity index (χ3n) is 3.95. The first-order valence-electron chi connectivity index (χ1n) is 9.31. The van der Waals surface area contributed by atoms with Gasteiger partial charge in [0, 0.05) is 0 Å². The molecule has 12 heteroatoms. The molecule has 0 fully saturated rings. The van der Waals surface area contributed by atoms with E-state index >= 15 is 0 Å². The second-order valence-corrected chi connectivity index (χ2v) is 9.24. The molecular weight excluding hydrogens is 429 g/mol. The van der Waals surface area contributed by atoms with Gasteiger partial charge in [-0.15, -0.1) is 0 Å². The van der Waals surface area contributed by atoms with Gasteiger partial charge < -0.3 is 29.6 Å². The molecule has 10 nitrogen and oxygen atoms in total. The molecule has 0 spiro atoms. The molecule has 1 unspecified atom stereocenters. The van der Waals surface area contributed by atoms with Crippen LogP contribution in [0.2, 0.25) is 0 Å². The standard InChI is InChI=1S/C18H24N5O5PS/c1-3-8-27-13-6-4-5-7-14(13)30-17-15-16(21-18(19)22-17)23(10-20-15)9-12(2)28-11-29(24,25)26/h4-7,10,12H,3,8-9,11H2,1-2H3,(H2,19,21,22)(H2,24,25,26). The number of nitrogens with two attached hydrogens (primary N) is 1. The molecule has 3 rings (SSSR count). The number of anilines is 1. The maximum Gasteiger partial charge on any atom is 0.350 e. The van der Waals surface area contributed by atoms with E-state index in [-0.39, 0.29) is 5.95 Å². The van der Waals surface area contributed by atoms with E-state index in [9.17, 15) is 4.57 Å². The molecule has 0 aliphatic carbocycles. The maximum absolute atomic E-state index is 11.0. The van der Waals surface area contributed by atoms with Crippen LogP contribution in [0.15, 0.2) is 40.5 Å². The van der Waals surface area contributed by atoms with Crippen LogP contribution in [0.25, 0.3) is 11.2 Å². The van der Waals surface area contributed by atoms with Gasteiger partial charge in [0.2, 0.25) is 5.95 Å². The highest BCUT2D eigenvalue weighted by molar-refractivity contribution is 7.99. The highest BCUT2D eigenvalue weighted by Gasteiger charge is 2.19. The second kappa shape index (κ2) is 9.76. The molecule has 1 atom stereocenters. The maximum atomic E-state index is 11.0. The van der Waals surface area contributed by atoms with Gasteiger partial charge in [0.05, 0.1) is 30.5 Å². The first-order chi connectivity index (χ1) is 14.3. The van der Waals surface area contributed by atoms with Crippen molar-refractivity contribution < 1.29 is 23.8 Å². The summed E-state index contributed by atoms with van der Waals surface area (Å²) in [4.78, 5) is 31.9. The minimum atomic E-state index is -4.23. The molecule has 0 saturated carbocycles. The molecular formula is C18H24N5O5PS. The number of para-hydroxylation sites is 1. The fraction of sp³-hybridized carbons (Fsp3) is 0.389. The number of benzene rings is 1. The minimum absolute atomic E-state index is 0.0995. The largest absolute Gasteiger partial charge is 0.492 e. The van der Waals surface area contributed by atoms with Gasteiger partial charge in [-0.05, 0) is 25.5 Å². The minimum Gasteiger partial charge on any atom is -0.492 e. The molecule has 30 heavy (non-hydrogen) atoms. The first kappa shape index (κ1) is 22.5. The van der Waals surface area contributed by atoms with Crippen LogP contribution in [0.4, 0.5) is 5.95 Å². The van der Waals surface area contributed by atoms with Crippen LogP contribution in [-0.2, 0) is 15.8 Å². The van der Waals surface area contributed by atoms with Crippen molar-refractivity contribution in [2.45, 2.75) is 42.8 Å². The van der Waals surface area contributed by atoms with Crippen molar-refractivity contribution in [2.24, 2.45) is 0 Å². The third-order valence-corrected chi connectivity index (χ3v) is 5.47. The Hall–Kier alpha value is -2.17. The number of nitrogens with zero attached hydrogens (tertiary/aromatic N) is 4. The molecule has 3 aromatic rings. The quantitative estimate of drug-likeness (QED) is 0.309. The van der Waals surface area contributed by atoms with Crippen molar-refractivity contribution in [3.8, 4) is 5.75 Å². The molecule has 0 radical (unpaired) electrons. The van der Waals surface area contributed by atoms with Crippen molar-refractivity contribution in [3.05, 3.63) is 30.6 Å². The van der Waals surface area contributed by atoms with Crippen molar-refractivity contribution in [1.82, 2.24) is 19.5 Å². The lowest BCUT2D eigenvalue weighted by Gasteiger charge is -2.14. The van der Waals surface area contributed by atoms with Gasteiger partial charge in [-0.1, -0.05) is 30.8 Å². The molecule has 0 aliphatic rings. The molecule has 0 saturated heterocycles. The summed E-state index contributed by atoms with van der Waals surface area (Å²) >= 11 is 1.39. The number of nitrogen functional groups attached to an aromatic ring is 1. The zero-order valence-corrected chi connectivity index (χ0v) is 18.3. The Labute approximate surface area is 178 Å². The molecule has 2 heterocycles. The predicted octanol–water partition coefficient (Wildman–Crippen LogP) is 2.89. The Morgan fingerprint density at radius 3 is 2.80 bits per heavy atom. The summed E-state index contributed by atoms with van der Waals surface area (Å²) in [5.74, 6) is 0.857. The van der Waals surface area contributed by atoms with E-state index in [4.69, 9.17) is 25.0 Å². The van der Waals surface area contributed by atoms with Crippen LogP contribution >= 0.6 is 19.4 Å².